The standard InChI is InChI=1S/C96H66/c1-67-55-68(2)59-91(58-67)85-43-31-79(32-44-85)25-19-73-7-13-76(14-8-73)22-28-82-37-49-88(50-38-82)94-64-95(89-51-39-83(40-52-89)29-23-77-15-9-74(10-16-77)20-26-80-33-45-86(46-34-80)92-60-69(3)56-70(4)61-92)66-96(65-94)90-53-41-84(42-54-90)30-24-78-17-11-75(12-18-78)21-27-81-35-47-87(48-36-81)93-62-71(5)57-72(6)63-93/h7-18,31-66H,1-6H3. The maximum atomic E-state index is 3.39. The minimum absolute atomic E-state index is 0.930. The van der Waals surface area contributed by atoms with E-state index in [-0.39, 0.29) is 0 Å². The van der Waals surface area contributed by atoms with Crippen molar-refractivity contribution in [2.75, 3.05) is 0 Å². The summed E-state index contributed by atoms with van der Waals surface area (Å²) < 4.78 is 0. The second kappa shape index (κ2) is 28.8. The number of hydrogen-bond donors (Lipinski definition) is 0. The smallest absolute Gasteiger partial charge is 0.0249 e. The fourth-order valence-electron chi connectivity index (χ4n) is 11.8. The molecule has 0 amide bonds. The highest BCUT2D eigenvalue weighted by Gasteiger charge is 2.10. The van der Waals surface area contributed by atoms with Crippen LogP contribution >= 0.6 is 0 Å². The minimum Gasteiger partial charge on any atom is -0.0617 e. The monoisotopic (exact) mass is 1220 g/mol. The van der Waals surface area contributed by atoms with E-state index in [1.165, 1.54) is 66.8 Å². The van der Waals surface area contributed by atoms with Gasteiger partial charge in [0.25, 0.3) is 0 Å². The van der Waals surface area contributed by atoms with Gasteiger partial charge in [-0.3, -0.25) is 0 Å². The summed E-state index contributed by atoms with van der Waals surface area (Å²) in [4.78, 5) is 0. The van der Waals surface area contributed by atoms with E-state index in [1.807, 2.05) is 72.8 Å². The second-order valence-corrected chi connectivity index (χ2v) is 24.6. The molecule has 0 unspecified atom stereocenters. The third kappa shape index (κ3) is 16.3. The number of benzene rings is 13. The summed E-state index contributed by atoms with van der Waals surface area (Å²) in [6.45, 7) is 12.8. The molecule has 0 aromatic heterocycles. The Morgan fingerprint density at radius 3 is 0.344 bits per heavy atom. The van der Waals surface area contributed by atoms with Crippen molar-refractivity contribution in [2.24, 2.45) is 0 Å². The summed E-state index contributed by atoms with van der Waals surface area (Å²) in [5.74, 6) is 40.3. The van der Waals surface area contributed by atoms with Gasteiger partial charge in [0.2, 0.25) is 0 Å². The molecule has 0 nitrogen and oxygen atoms in total. The van der Waals surface area contributed by atoms with Crippen LogP contribution in [-0.4, -0.2) is 0 Å². The van der Waals surface area contributed by atoms with Crippen molar-refractivity contribution in [3.63, 3.8) is 0 Å². The van der Waals surface area contributed by atoms with Crippen molar-refractivity contribution in [1.29, 1.82) is 0 Å². The molecule has 0 radical (unpaired) electrons. The Labute approximate surface area is 567 Å². The van der Waals surface area contributed by atoms with Crippen LogP contribution < -0.4 is 0 Å². The van der Waals surface area contributed by atoms with Crippen LogP contribution in [0.3, 0.4) is 0 Å². The quantitative estimate of drug-likeness (QED) is 0.146. The van der Waals surface area contributed by atoms with Gasteiger partial charge >= 0.3 is 0 Å². The highest BCUT2D eigenvalue weighted by molar-refractivity contribution is 5.82. The van der Waals surface area contributed by atoms with Crippen LogP contribution in [-0.2, 0) is 0 Å². The first-order chi connectivity index (χ1) is 46.9. The van der Waals surface area contributed by atoms with E-state index in [9.17, 15) is 0 Å². The average molecular weight is 1220 g/mol. The van der Waals surface area contributed by atoms with Crippen molar-refractivity contribution in [1.82, 2.24) is 0 Å². The lowest BCUT2D eigenvalue weighted by Gasteiger charge is -2.12. The second-order valence-electron chi connectivity index (χ2n) is 24.6. The predicted octanol–water partition coefficient (Wildman–Crippen LogP) is 21.9. The van der Waals surface area contributed by atoms with Crippen molar-refractivity contribution in [3.05, 3.63) is 391 Å². The first-order valence-electron chi connectivity index (χ1n) is 32.3. The normalized spacial score (nSPS) is 10.3. The van der Waals surface area contributed by atoms with E-state index >= 15 is 0 Å². The van der Waals surface area contributed by atoms with Gasteiger partial charge in [-0.2, -0.15) is 0 Å². The Balaban J connectivity index is 0.702. The van der Waals surface area contributed by atoms with Crippen LogP contribution in [0, 0.1) is 113 Å². The lowest BCUT2D eigenvalue weighted by Crippen LogP contribution is -1.87. The molecule has 0 saturated carbocycles. The maximum absolute atomic E-state index is 3.39. The molecular weight excluding hydrogens is 1150 g/mol. The molecule has 0 heterocycles. The van der Waals surface area contributed by atoms with E-state index in [2.05, 4.69) is 331 Å². The Morgan fingerprint density at radius 1 is 0.115 bits per heavy atom. The van der Waals surface area contributed by atoms with Gasteiger partial charge in [-0.15, -0.1) is 0 Å². The molecule has 13 aromatic rings. The van der Waals surface area contributed by atoms with Crippen LogP contribution in [0.2, 0.25) is 0 Å². The van der Waals surface area contributed by atoms with Crippen molar-refractivity contribution in [3.8, 4) is 138 Å². The van der Waals surface area contributed by atoms with Gasteiger partial charge in [0.05, 0.1) is 0 Å². The summed E-state index contributed by atoms with van der Waals surface area (Å²) in [6, 6.07) is 102. The Morgan fingerprint density at radius 2 is 0.219 bits per heavy atom. The van der Waals surface area contributed by atoms with Crippen LogP contribution in [0.1, 0.15) is 100 Å². The highest BCUT2D eigenvalue weighted by atomic mass is 14.1. The van der Waals surface area contributed by atoms with Crippen LogP contribution in [0.4, 0.5) is 0 Å². The molecule has 450 valence electrons. The molecule has 0 heteroatoms. The Bertz CT molecular complexity index is 4810. The van der Waals surface area contributed by atoms with Gasteiger partial charge in [0.15, 0.2) is 0 Å². The number of aryl methyl sites for hydroxylation is 6. The van der Waals surface area contributed by atoms with Gasteiger partial charge in [0, 0.05) is 66.8 Å². The summed E-state index contributed by atoms with van der Waals surface area (Å²) in [5, 5.41) is 0. The lowest BCUT2D eigenvalue weighted by atomic mass is 9.92. The third-order valence-electron chi connectivity index (χ3n) is 16.7. The first kappa shape index (κ1) is 62.0. The highest BCUT2D eigenvalue weighted by Crippen LogP contribution is 2.34. The Hall–Kier alpha value is -12.8. The number of rotatable bonds is 6. The van der Waals surface area contributed by atoms with Gasteiger partial charge < -0.3 is 0 Å². The zero-order chi connectivity index (χ0) is 65.7. The number of hydrogen-bond acceptors (Lipinski definition) is 0. The van der Waals surface area contributed by atoms with Crippen LogP contribution in [0.5, 0.6) is 0 Å². The first-order valence-corrected chi connectivity index (χ1v) is 32.3. The summed E-state index contributed by atoms with van der Waals surface area (Å²) in [7, 11) is 0. The third-order valence-corrected chi connectivity index (χ3v) is 16.7. The molecule has 96 heavy (non-hydrogen) atoms. The molecule has 0 bridgehead atoms. The fraction of sp³-hybridized carbons (Fsp3) is 0.0625. The van der Waals surface area contributed by atoms with Crippen LogP contribution in [0.15, 0.2) is 291 Å². The van der Waals surface area contributed by atoms with Gasteiger partial charge in [-0.25, -0.2) is 0 Å². The van der Waals surface area contributed by atoms with E-state index in [1.54, 1.807) is 0 Å². The molecular formula is C96H66. The summed E-state index contributed by atoms with van der Waals surface area (Å²) in [5.41, 5.74) is 32.8. The van der Waals surface area contributed by atoms with E-state index in [4.69, 9.17) is 0 Å². The predicted molar refractivity (Wildman–Crippen MR) is 402 cm³/mol. The van der Waals surface area contributed by atoms with Crippen molar-refractivity contribution >= 4 is 0 Å². The molecule has 0 saturated heterocycles. The minimum atomic E-state index is 0.930. The molecule has 0 aliphatic rings. The average Bonchev–Trinajstić information content (AvgIpc) is 0.853. The molecule has 13 aromatic carbocycles. The molecule has 0 N–H and O–H groups in total. The Kier molecular flexibility index (Phi) is 18.6. The SMILES string of the molecule is Cc1cc(C)cc(-c2ccc(C#Cc3ccc(C#Cc4ccc(-c5cc(-c6ccc(C#Cc7ccc(C#Cc8ccc(-c9cc(C)cc(C)c9)cc8)cc7)cc6)cc(-c6ccc(C#Cc7ccc(C#Cc8ccc(-c9cc(C)cc(C)c9)cc8)cc7)cc6)c5)cc4)cc3)cc2)c1. The summed E-state index contributed by atoms with van der Waals surface area (Å²) in [6.07, 6.45) is 0. The van der Waals surface area contributed by atoms with Gasteiger partial charge in [-0.05, 0) is 272 Å². The van der Waals surface area contributed by atoms with E-state index in [0.717, 1.165) is 100 Å². The topological polar surface area (TPSA) is 0 Å². The fourth-order valence-corrected chi connectivity index (χ4v) is 11.8. The molecule has 0 aliphatic heterocycles. The molecule has 13 rings (SSSR count). The van der Waals surface area contributed by atoms with Crippen molar-refractivity contribution < 1.29 is 0 Å². The van der Waals surface area contributed by atoms with E-state index < -0.39 is 0 Å². The van der Waals surface area contributed by atoms with Gasteiger partial charge in [0.1, 0.15) is 0 Å². The van der Waals surface area contributed by atoms with Crippen LogP contribution in [0.25, 0.3) is 66.8 Å². The molecule has 0 fully saturated rings. The molecule has 0 spiro atoms. The summed E-state index contributed by atoms with van der Waals surface area (Å²) >= 11 is 0. The largest absolute Gasteiger partial charge is 0.0617 e. The molecule has 0 atom stereocenters. The maximum Gasteiger partial charge on any atom is 0.0249 e. The van der Waals surface area contributed by atoms with E-state index in [0.29, 0.717) is 0 Å². The zero-order valence-corrected chi connectivity index (χ0v) is 54.7. The van der Waals surface area contributed by atoms with Crippen molar-refractivity contribution in [2.45, 2.75) is 41.5 Å². The molecule has 0 aliphatic carbocycles. The zero-order valence-electron chi connectivity index (χ0n) is 54.7. The van der Waals surface area contributed by atoms with Gasteiger partial charge in [-0.1, -0.05) is 232 Å². The lowest BCUT2D eigenvalue weighted by molar-refractivity contribution is 1.38.